The number of aromatic nitrogens is 2. The molecule has 0 unspecified atom stereocenters. The van der Waals surface area contributed by atoms with Gasteiger partial charge in [0.05, 0.1) is 52.5 Å². The molecular weight excluding hydrogens is 532 g/mol. The van der Waals surface area contributed by atoms with Gasteiger partial charge in [-0.1, -0.05) is 72.8 Å². The van der Waals surface area contributed by atoms with E-state index in [0.717, 1.165) is 39.5 Å². The van der Waals surface area contributed by atoms with Crippen LogP contribution in [0.5, 0.6) is 5.75 Å². The monoisotopic (exact) mass is 559 g/mol. The topological polar surface area (TPSA) is 53.2 Å². The summed E-state index contributed by atoms with van der Waals surface area (Å²) >= 11 is 0. The maximum atomic E-state index is 14.7. The number of ether oxygens (including phenoxy) is 1. The maximum Gasteiger partial charge on any atom is 0.312 e. The van der Waals surface area contributed by atoms with E-state index in [9.17, 15) is 9.59 Å². The van der Waals surface area contributed by atoms with Gasteiger partial charge in [-0.05, 0) is 60.7 Å². The van der Waals surface area contributed by atoms with E-state index in [1.807, 2.05) is 146 Å². The Morgan fingerprint density at radius 2 is 0.884 bits per heavy atom. The summed E-state index contributed by atoms with van der Waals surface area (Å²) in [5.41, 5.74) is 5.82. The number of hydrogen-bond donors (Lipinski definition) is 0. The van der Waals surface area contributed by atoms with Crippen molar-refractivity contribution in [3.05, 3.63) is 189 Å². The SMILES string of the molecule is COc1ccc([C+](c2c3cccccc-3n(-c3ccccc3)c2=O)c2c3cccccc-3n(-c3ccccc3)c2=O)cc1. The summed E-state index contributed by atoms with van der Waals surface area (Å²) in [6.07, 6.45) is 0. The second kappa shape index (κ2) is 10.9. The van der Waals surface area contributed by atoms with Crippen LogP contribution >= 0.6 is 0 Å². The van der Waals surface area contributed by atoms with E-state index in [2.05, 4.69) is 0 Å². The Bertz CT molecular complexity index is 1970. The number of para-hydroxylation sites is 2. The van der Waals surface area contributed by atoms with Crippen LogP contribution in [0.2, 0.25) is 0 Å². The minimum absolute atomic E-state index is 0.196. The van der Waals surface area contributed by atoms with Crippen molar-refractivity contribution in [1.29, 1.82) is 0 Å². The minimum atomic E-state index is -0.196. The fraction of sp³-hybridized carbons (Fsp3) is 0.0263. The Labute approximate surface area is 249 Å². The lowest BCUT2D eigenvalue weighted by atomic mass is 9.83. The predicted molar refractivity (Wildman–Crippen MR) is 171 cm³/mol. The maximum absolute atomic E-state index is 14.7. The molecule has 4 aliphatic rings. The molecule has 0 aromatic heterocycles. The summed E-state index contributed by atoms with van der Waals surface area (Å²) in [7, 11) is 1.62. The number of hydrogen-bond acceptors (Lipinski definition) is 3. The zero-order valence-electron chi connectivity index (χ0n) is 23.5. The zero-order chi connectivity index (χ0) is 29.3. The van der Waals surface area contributed by atoms with Gasteiger partial charge in [0.15, 0.2) is 0 Å². The lowest BCUT2D eigenvalue weighted by Gasteiger charge is -2.12. The van der Waals surface area contributed by atoms with E-state index in [4.69, 9.17) is 4.74 Å². The third kappa shape index (κ3) is 4.39. The van der Waals surface area contributed by atoms with Crippen molar-refractivity contribution in [1.82, 2.24) is 9.13 Å². The molecule has 2 aliphatic carbocycles. The molecule has 0 saturated heterocycles. The van der Waals surface area contributed by atoms with Crippen molar-refractivity contribution in [2.45, 2.75) is 0 Å². The first kappa shape index (κ1) is 26.1. The van der Waals surface area contributed by atoms with Crippen LogP contribution in [0.1, 0.15) is 16.7 Å². The largest absolute Gasteiger partial charge is 0.496 e. The highest BCUT2D eigenvalue weighted by Crippen LogP contribution is 2.41. The van der Waals surface area contributed by atoms with Gasteiger partial charge >= 0.3 is 11.1 Å². The van der Waals surface area contributed by atoms with E-state index < -0.39 is 0 Å². The summed E-state index contributed by atoms with van der Waals surface area (Å²) in [4.78, 5) is 29.4. The van der Waals surface area contributed by atoms with Gasteiger partial charge < -0.3 is 4.74 Å². The van der Waals surface area contributed by atoms with Gasteiger partial charge in [0.1, 0.15) is 16.9 Å². The van der Waals surface area contributed by atoms with E-state index in [1.54, 1.807) is 16.2 Å². The first-order chi connectivity index (χ1) is 21.2. The fourth-order valence-corrected chi connectivity index (χ4v) is 5.88. The molecule has 0 saturated carbocycles. The highest BCUT2D eigenvalue weighted by Gasteiger charge is 2.40. The first-order valence-electron chi connectivity index (χ1n) is 14.1. The van der Waals surface area contributed by atoms with Crippen molar-refractivity contribution >= 4 is 0 Å². The van der Waals surface area contributed by atoms with Gasteiger partial charge in [-0.3, -0.25) is 0 Å². The molecule has 0 radical (unpaired) electrons. The molecule has 43 heavy (non-hydrogen) atoms. The van der Waals surface area contributed by atoms with Gasteiger partial charge in [-0.15, -0.1) is 0 Å². The molecule has 5 nitrogen and oxygen atoms in total. The molecule has 0 fully saturated rings. The quantitative estimate of drug-likeness (QED) is 0.202. The van der Waals surface area contributed by atoms with Crippen molar-refractivity contribution in [2.75, 3.05) is 7.11 Å². The highest BCUT2D eigenvalue weighted by atomic mass is 16.5. The van der Waals surface area contributed by atoms with Crippen LogP contribution in [-0.2, 0) is 0 Å². The molecule has 7 rings (SSSR count). The van der Waals surface area contributed by atoms with Gasteiger partial charge in [-0.25, -0.2) is 18.7 Å². The van der Waals surface area contributed by atoms with Crippen LogP contribution in [-0.4, -0.2) is 16.2 Å². The van der Waals surface area contributed by atoms with Crippen LogP contribution < -0.4 is 15.9 Å². The standard InChI is InChI=1S/C38H27N2O3/c1-43-29-24-22-26(23-25-29)34(35-30-18-10-4-12-20-32(30)39(37(35)41)27-14-6-2-7-15-27)36-31-19-11-5-13-21-33(31)40(38(36)42)28-16-8-3-9-17-28/h2-25H,1H3/q+1. The summed E-state index contributed by atoms with van der Waals surface area (Å²) in [5, 5.41) is 0. The molecule has 0 bridgehead atoms. The van der Waals surface area contributed by atoms with Gasteiger partial charge in [0.2, 0.25) is 0 Å². The molecule has 0 N–H and O–H groups in total. The average Bonchev–Trinajstić information content (AvgIpc) is 3.24. The normalized spacial score (nSPS) is 11.1. The zero-order valence-corrected chi connectivity index (χ0v) is 23.5. The molecule has 0 atom stereocenters. The van der Waals surface area contributed by atoms with Crippen molar-refractivity contribution in [2.24, 2.45) is 0 Å². The van der Waals surface area contributed by atoms with Crippen LogP contribution in [0.25, 0.3) is 33.9 Å². The van der Waals surface area contributed by atoms with Gasteiger partial charge in [0.25, 0.3) is 0 Å². The van der Waals surface area contributed by atoms with E-state index in [-0.39, 0.29) is 11.1 Å². The molecule has 0 spiro atoms. The van der Waals surface area contributed by atoms with Crippen molar-refractivity contribution in [3.8, 4) is 39.6 Å². The fourth-order valence-electron chi connectivity index (χ4n) is 5.88. The van der Waals surface area contributed by atoms with Gasteiger partial charge in [0, 0.05) is 12.1 Å². The van der Waals surface area contributed by atoms with Crippen LogP contribution in [0.15, 0.2) is 155 Å². The Balaban J connectivity index is 1.61. The lowest BCUT2D eigenvalue weighted by molar-refractivity contribution is 0.414. The van der Waals surface area contributed by atoms with E-state index in [1.165, 1.54) is 0 Å². The molecule has 3 aromatic rings. The predicted octanol–water partition coefficient (Wildman–Crippen LogP) is 7.23. The molecule has 206 valence electrons. The minimum Gasteiger partial charge on any atom is -0.496 e. The Hall–Kier alpha value is -5.81. The number of nitrogens with zero attached hydrogens (tertiary/aromatic N) is 2. The Kier molecular flexibility index (Phi) is 6.60. The average molecular weight is 560 g/mol. The third-order valence-electron chi connectivity index (χ3n) is 7.79. The van der Waals surface area contributed by atoms with Crippen LogP contribution in [0.4, 0.5) is 0 Å². The van der Waals surface area contributed by atoms with Gasteiger partial charge in [-0.2, -0.15) is 0 Å². The summed E-state index contributed by atoms with van der Waals surface area (Å²) in [6.45, 7) is 0. The lowest BCUT2D eigenvalue weighted by Crippen LogP contribution is -2.24. The Morgan fingerprint density at radius 1 is 0.488 bits per heavy atom. The number of methoxy groups -OCH3 is 1. The number of benzene rings is 3. The molecule has 2 heterocycles. The molecule has 2 aliphatic heterocycles. The summed E-state index contributed by atoms with van der Waals surface area (Å²) in [6, 6.07) is 46.2. The van der Waals surface area contributed by atoms with Crippen molar-refractivity contribution in [3.63, 3.8) is 0 Å². The van der Waals surface area contributed by atoms with Crippen LogP contribution in [0, 0.1) is 5.92 Å². The number of rotatable bonds is 6. The number of fused-ring (bicyclic) bond motifs is 2. The smallest absolute Gasteiger partial charge is 0.312 e. The molecular formula is C38H27N2O3+. The van der Waals surface area contributed by atoms with E-state index >= 15 is 0 Å². The summed E-state index contributed by atoms with van der Waals surface area (Å²) < 4.78 is 8.92. The first-order valence-corrected chi connectivity index (χ1v) is 14.1. The second-order valence-electron chi connectivity index (χ2n) is 10.2. The van der Waals surface area contributed by atoms with Crippen LogP contribution in [0.3, 0.4) is 0 Å². The summed E-state index contributed by atoms with van der Waals surface area (Å²) in [5.74, 6) is 1.26. The molecule has 0 amide bonds. The third-order valence-corrected chi connectivity index (χ3v) is 7.79. The molecule has 5 heteroatoms. The molecule has 3 aromatic carbocycles. The Morgan fingerprint density at radius 3 is 1.30 bits per heavy atom. The van der Waals surface area contributed by atoms with E-state index in [0.29, 0.717) is 22.8 Å². The second-order valence-corrected chi connectivity index (χ2v) is 10.2. The highest BCUT2D eigenvalue weighted by molar-refractivity contribution is 5.82. The van der Waals surface area contributed by atoms with Crippen molar-refractivity contribution < 1.29 is 4.74 Å².